The molecule has 0 aliphatic rings. The maximum atomic E-state index is 10.4. The minimum atomic E-state index is -4.31. The maximum absolute atomic E-state index is 10.4. The second kappa shape index (κ2) is 5.70. The molecule has 0 aromatic heterocycles. The maximum Gasteiger partial charge on any atom is 1.00 e. The Hall–Kier alpha value is 0.710. The molecule has 3 nitrogen and oxygen atoms in total. The summed E-state index contributed by atoms with van der Waals surface area (Å²) < 4.78 is 31.2. The van der Waals surface area contributed by atoms with Gasteiger partial charge in [-0.3, -0.25) is 0 Å². The number of hydrogen-bond acceptors (Lipinski definition) is 3. The topological polar surface area (TPSA) is 57.2 Å². The smallest absolute Gasteiger partial charge is 0.748 e. The van der Waals surface area contributed by atoms with Gasteiger partial charge in [0.2, 0.25) is 0 Å². The van der Waals surface area contributed by atoms with Crippen molar-refractivity contribution >= 4 is 33.3 Å². The monoisotopic (exact) mass is 262 g/mol. The van der Waals surface area contributed by atoms with Gasteiger partial charge < -0.3 is 4.55 Å². The van der Waals surface area contributed by atoms with Gasteiger partial charge in [-0.05, 0) is 11.6 Å². The van der Waals surface area contributed by atoms with Crippen molar-refractivity contribution < 1.29 is 42.5 Å². The normalized spacial score (nSPS) is 10.8. The molecule has 0 heterocycles. The summed E-state index contributed by atoms with van der Waals surface area (Å²) in [6.07, 6.45) is 0. The largest absolute Gasteiger partial charge is 1.00 e. The predicted octanol–water partition coefficient (Wildman–Crippen LogP) is -0.957. The Morgan fingerprint density at radius 1 is 1.29 bits per heavy atom. The van der Waals surface area contributed by atoms with Crippen LogP contribution in [0.1, 0.15) is 5.56 Å². The molecule has 0 spiro atoms. The van der Waals surface area contributed by atoms with E-state index in [2.05, 4.69) is 0 Å². The van der Waals surface area contributed by atoms with Crippen LogP contribution in [0.3, 0.4) is 0 Å². The first-order chi connectivity index (χ1) is 5.90. The van der Waals surface area contributed by atoms with Crippen LogP contribution in [0, 0.1) is 0 Å². The van der Waals surface area contributed by atoms with E-state index in [4.69, 9.17) is 23.2 Å². The standard InChI is InChI=1S/C7H6Cl2O3S.Na/c8-6-3-1-2-5(7(6)9)4-13(10,11)12;/h1-3H,4H2,(H,10,11,12);/q;+1/p-1. The number of hydrogen-bond donors (Lipinski definition) is 0. The van der Waals surface area contributed by atoms with Gasteiger partial charge in [0.1, 0.15) is 0 Å². The van der Waals surface area contributed by atoms with Gasteiger partial charge in [0.25, 0.3) is 0 Å². The van der Waals surface area contributed by atoms with E-state index in [1.54, 1.807) is 0 Å². The van der Waals surface area contributed by atoms with Crippen LogP contribution < -0.4 is 29.6 Å². The molecule has 0 radical (unpaired) electrons. The van der Waals surface area contributed by atoms with Gasteiger partial charge in [-0.25, -0.2) is 8.42 Å². The first kappa shape index (κ1) is 14.7. The molecule has 0 saturated heterocycles. The molecule has 0 amide bonds. The molecule has 0 fully saturated rings. The molecule has 0 saturated carbocycles. The molecule has 1 aromatic rings. The summed E-state index contributed by atoms with van der Waals surface area (Å²) in [5.74, 6) is -0.633. The molecule has 0 N–H and O–H groups in total. The minimum absolute atomic E-state index is 0. The summed E-state index contributed by atoms with van der Waals surface area (Å²) >= 11 is 11.3. The van der Waals surface area contributed by atoms with E-state index in [0.29, 0.717) is 0 Å². The molecule has 0 aliphatic carbocycles. The summed E-state index contributed by atoms with van der Waals surface area (Å²) in [6.45, 7) is 0. The van der Waals surface area contributed by atoms with Crippen molar-refractivity contribution in [1.29, 1.82) is 0 Å². The van der Waals surface area contributed by atoms with E-state index in [1.807, 2.05) is 0 Å². The molecule has 1 rings (SSSR count). The molecule has 14 heavy (non-hydrogen) atoms. The third-order valence-corrected chi connectivity index (χ3v) is 2.89. The van der Waals surface area contributed by atoms with Gasteiger partial charge in [0.05, 0.1) is 25.9 Å². The van der Waals surface area contributed by atoms with Gasteiger partial charge in [-0.15, -0.1) is 0 Å². The van der Waals surface area contributed by atoms with Crippen molar-refractivity contribution in [3.8, 4) is 0 Å². The fourth-order valence-corrected chi connectivity index (χ4v) is 1.94. The van der Waals surface area contributed by atoms with Crippen LogP contribution >= 0.6 is 23.2 Å². The van der Waals surface area contributed by atoms with Crippen LogP contribution in [0.5, 0.6) is 0 Å². The van der Waals surface area contributed by atoms with Gasteiger partial charge in [0, 0.05) is 0 Å². The van der Waals surface area contributed by atoms with E-state index in [9.17, 15) is 13.0 Å². The van der Waals surface area contributed by atoms with E-state index in [0.717, 1.165) is 0 Å². The molecule has 0 aliphatic heterocycles. The Labute approximate surface area is 114 Å². The Morgan fingerprint density at radius 2 is 1.86 bits per heavy atom. The van der Waals surface area contributed by atoms with E-state index in [-0.39, 0.29) is 45.2 Å². The van der Waals surface area contributed by atoms with Crippen LogP contribution in [0.15, 0.2) is 18.2 Å². The zero-order chi connectivity index (χ0) is 10.1. The van der Waals surface area contributed by atoms with Crippen molar-refractivity contribution in [3.63, 3.8) is 0 Å². The third-order valence-electron chi connectivity index (χ3n) is 1.36. The second-order valence-corrected chi connectivity index (χ2v) is 4.60. The average molecular weight is 263 g/mol. The van der Waals surface area contributed by atoms with Gasteiger partial charge in [-0.1, -0.05) is 35.3 Å². The second-order valence-electron chi connectivity index (χ2n) is 2.41. The van der Waals surface area contributed by atoms with Gasteiger partial charge >= 0.3 is 29.6 Å². The molecule has 0 unspecified atom stereocenters. The van der Waals surface area contributed by atoms with Crippen molar-refractivity contribution in [3.05, 3.63) is 33.8 Å². The zero-order valence-corrected chi connectivity index (χ0v) is 11.7. The number of halogens is 2. The molecule has 72 valence electrons. The average Bonchev–Trinajstić information content (AvgIpc) is 1.96. The SMILES string of the molecule is O=S(=O)([O-])Cc1cccc(Cl)c1Cl.[Na+]. The van der Waals surface area contributed by atoms with Crippen LogP contribution in [0.2, 0.25) is 10.0 Å². The Morgan fingerprint density at radius 3 is 2.36 bits per heavy atom. The fraction of sp³-hybridized carbons (Fsp3) is 0.143. The zero-order valence-electron chi connectivity index (χ0n) is 7.33. The van der Waals surface area contributed by atoms with Crippen molar-refractivity contribution in [1.82, 2.24) is 0 Å². The Kier molecular flexibility index (Phi) is 5.99. The van der Waals surface area contributed by atoms with Crippen LogP contribution in [-0.2, 0) is 15.9 Å². The molecular formula is C7H5Cl2NaO3S. The van der Waals surface area contributed by atoms with Gasteiger partial charge in [0.15, 0.2) is 0 Å². The summed E-state index contributed by atoms with van der Waals surface area (Å²) in [5.41, 5.74) is 0.226. The van der Waals surface area contributed by atoms with E-state index < -0.39 is 15.9 Å². The van der Waals surface area contributed by atoms with Crippen molar-refractivity contribution in [2.24, 2.45) is 0 Å². The van der Waals surface area contributed by atoms with Crippen molar-refractivity contribution in [2.75, 3.05) is 0 Å². The quantitative estimate of drug-likeness (QED) is 0.510. The Bertz CT molecular complexity index is 419. The van der Waals surface area contributed by atoms with Crippen LogP contribution in [0.4, 0.5) is 0 Å². The van der Waals surface area contributed by atoms with Gasteiger partial charge in [-0.2, -0.15) is 0 Å². The van der Waals surface area contributed by atoms with Crippen LogP contribution in [-0.4, -0.2) is 13.0 Å². The van der Waals surface area contributed by atoms with E-state index >= 15 is 0 Å². The molecule has 0 bridgehead atoms. The predicted molar refractivity (Wildman–Crippen MR) is 49.9 cm³/mol. The minimum Gasteiger partial charge on any atom is -0.748 e. The summed E-state index contributed by atoms with van der Waals surface area (Å²) in [5, 5.41) is 0.353. The molecule has 0 atom stereocenters. The van der Waals surface area contributed by atoms with E-state index in [1.165, 1.54) is 18.2 Å². The fourth-order valence-electron chi connectivity index (χ4n) is 0.850. The summed E-state index contributed by atoms with van der Waals surface area (Å²) in [7, 11) is -4.31. The first-order valence-electron chi connectivity index (χ1n) is 3.26. The number of rotatable bonds is 2. The molecule has 1 aromatic carbocycles. The Balaban J connectivity index is 0.00000169. The molecular weight excluding hydrogens is 258 g/mol. The third kappa shape index (κ3) is 4.49. The van der Waals surface area contributed by atoms with Crippen molar-refractivity contribution in [2.45, 2.75) is 5.75 Å². The molecule has 7 heteroatoms. The first-order valence-corrected chi connectivity index (χ1v) is 5.60. The van der Waals surface area contributed by atoms with Crippen LogP contribution in [0.25, 0.3) is 0 Å². The summed E-state index contributed by atoms with van der Waals surface area (Å²) in [4.78, 5) is 0. The number of benzene rings is 1. The summed E-state index contributed by atoms with van der Waals surface area (Å²) in [6, 6.07) is 4.50.